The smallest absolute Gasteiger partial charge is 0.235 e. The maximum Gasteiger partial charge on any atom is 0.235 e. The van der Waals surface area contributed by atoms with E-state index >= 15 is 0 Å². The Morgan fingerprint density at radius 1 is 1.13 bits per heavy atom. The Balaban J connectivity index is 1.86. The molecular formula is C17H20N2O3S. The van der Waals surface area contributed by atoms with Crippen LogP contribution < -0.4 is 4.72 Å². The van der Waals surface area contributed by atoms with E-state index in [0.29, 0.717) is 6.42 Å². The molecule has 2 rings (SSSR count). The number of aryl methyl sites for hydroxylation is 1. The second kappa shape index (κ2) is 7.87. The van der Waals surface area contributed by atoms with Gasteiger partial charge in [0.05, 0.1) is 5.75 Å². The summed E-state index contributed by atoms with van der Waals surface area (Å²) in [6.45, 7) is 1.88. The van der Waals surface area contributed by atoms with Gasteiger partial charge in [0.1, 0.15) is 0 Å². The van der Waals surface area contributed by atoms with Crippen molar-refractivity contribution >= 4 is 15.9 Å². The number of hydrogen-bond acceptors (Lipinski definition) is 4. The molecular weight excluding hydrogens is 312 g/mol. The number of aromatic nitrogens is 1. The number of rotatable bonds is 7. The number of benzene rings is 1. The van der Waals surface area contributed by atoms with Gasteiger partial charge in [-0.2, -0.15) is 0 Å². The number of nitrogens with one attached hydrogen (secondary N) is 1. The summed E-state index contributed by atoms with van der Waals surface area (Å²) in [6.07, 6.45) is 3.80. The lowest BCUT2D eigenvalue weighted by atomic mass is 9.99. The van der Waals surface area contributed by atoms with E-state index in [0.717, 1.165) is 11.1 Å². The quantitative estimate of drug-likeness (QED) is 0.844. The molecule has 1 N–H and O–H groups in total. The van der Waals surface area contributed by atoms with E-state index in [9.17, 15) is 13.2 Å². The normalized spacial score (nSPS) is 12.6. The highest BCUT2D eigenvalue weighted by Crippen LogP contribution is 2.17. The molecule has 122 valence electrons. The lowest BCUT2D eigenvalue weighted by molar-refractivity contribution is -0.119. The van der Waals surface area contributed by atoms with Gasteiger partial charge in [0.2, 0.25) is 15.9 Å². The van der Waals surface area contributed by atoms with E-state index in [-0.39, 0.29) is 18.1 Å². The van der Waals surface area contributed by atoms with Crippen LogP contribution >= 0.6 is 0 Å². The number of nitrogens with zero attached hydrogens (tertiary/aromatic N) is 1. The molecule has 23 heavy (non-hydrogen) atoms. The van der Waals surface area contributed by atoms with Gasteiger partial charge in [-0.3, -0.25) is 14.5 Å². The number of amides is 1. The largest absolute Gasteiger partial charge is 0.274 e. The molecule has 0 bridgehead atoms. The van der Waals surface area contributed by atoms with Gasteiger partial charge in [-0.05, 0) is 35.6 Å². The monoisotopic (exact) mass is 332 g/mol. The third kappa shape index (κ3) is 5.83. The fourth-order valence-electron chi connectivity index (χ4n) is 2.25. The molecule has 6 heteroatoms. The van der Waals surface area contributed by atoms with Crippen molar-refractivity contribution in [3.05, 3.63) is 66.0 Å². The van der Waals surface area contributed by atoms with Gasteiger partial charge in [0, 0.05) is 18.8 Å². The van der Waals surface area contributed by atoms with E-state index in [4.69, 9.17) is 0 Å². The van der Waals surface area contributed by atoms with Crippen molar-refractivity contribution in [2.45, 2.75) is 25.7 Å². The predicted molar refractivity (Wildman–Crippen MR) is 89.3 cm³/mol. The summed E-state index contributed by atoms with van der Waals surface area (Å²) in [5.74, 6) is -0.656. The van der Waals surface area contributed by atoms with E-state index in [1.165, 1.54) is 0 Å². The average molecular weight is 332 g/mol. The molecule has 0 saturated carbocycles. The van der Waals surface area contributed by atoms with Gasteiger partial charge in [0.15, 0.2) is 0 Å². The summed E-state index contributed by atoms with van der Waals surface area (Å²) in [6, 6.07) is 13.0. The van der Waals surface area contributed by atoms with Crippen LogP contribution in [-0.2, 0) is 21.2 Å². The Hall–Kier alpha value is -2.21. The van der Waals surface area contributed by atoms with E-state index in [1.807, 2.05) is 49.4 Å². The van der Waals surface area contributed by atoms with E-state index in [1.54, 1.807) is 12.4 Å². The highest BCUT2D eigenvalue weighted by Gasteiger charge is 2.17. The second-order valence-corrected chi connectivity index (χ2v) is 7.31. The van der Waals surface area contributed by atoms with Crippen LogP contribution in [0.4, 0.5) is 0 Å². The lowest BCUT2D eigenvalue weighted by Crippen LogP contribution is -2.33. The molecule has 1 atom stereocenters. The van der Waals surface area contributed by atoms with Crippen LogP contribution in [0.1, 0.15) is 30.4 Å². The molecule has 0 unspecified atom stereocenters. The number of pyridine rings is 1. The van der Waals surface area contributed by atoms with Crippen molar-refractivity contribution < 1.29 is 13.2 Å². The highest BCUT2D eigenvalue weighted by molar-refractivity contribution is 7.90. The zero-order chi connectivity index (χ0) is 16.7. The van der Waals surface area contributed by atoms with Gasteiger partial charge in [-0.1, -0.05) is 37.3 Å². The maximum absolute atomic E-state index is 12.0. The van der Waals surface area contributed by atoms with Gasteiger partial charge in [-0.15, -0.1) is 0 Å². The molecule has 2 aromatic rings. The summed E-state index contributed by atoms with van der Waals surface area (Å²) in [4.78, 5) is 15.9. The van der Waals surface area contributed by atoms with Gasteiger partial charge < -0.3 is 0 Å². The minimum absolute atomic E-state index is 0.0673. The van der Waals surface area contributed by atoms with Crippen LogP contribution in [0.15, 0.2) is 54.9 Å². The molecule has 0 spiro atoms. The van der Waals surface area contributed by atoms with Gasteiger partial charge in [0.25, 0.3) is 0 Å². The minimum atomic E-state index is -3.62. The number of sulfonamides is 1. The van der Waals surface area contributed by atoms with E-state index in [2.05, 4.69) is 9.71 Å². The molecule has 0 aliphatic heterocycles. The molecule has 1 aromatic heterocycles. The topological polar surface area (TPSA) is 76.1 Å². The molecule has 1 heterocycles. The first-order valence-electron chi connectivity index (χ1n) is 7.43. The molecule has 1 aromatic carbocycles. The molecule has 0 saturated heterocycles. The van der Waals surface area contributed by atoms with Gasteiger partial charge >= 0.3 is 0 Å². The van der Waals surface area contributed by atoms with Crippen molar-refractivity contribution in [1.82, 2.24) is 9.71 Å². The number of carbonyl (C=O) groups is 1. The Morgan fingerprint density at radius 3 is 2.43 bits per heavy atom. The molecule has 5 nitrogen and oxygen atoms in total. The fraction of sp³-hybridized carbons (Fsp3) is 0.294. The lowest BCUT2D eigenvalue weighted by Gasteiger charge is -2.12. The average Bonchev–Trinajstić information content (AvgIpc) is 2.54. The SMILES string of the molecule is C[C@H](CC(=O)NS(=O)(=O)CCc1ccccc1)c1ccncc1. The Bertz CT molecular complexity index is 731. The number of carbonyl (C=O) groups excluding carboxylic acids is 1. The Morgan fingerprint density at radius 2 is 1.78 bits per heavy atom. The zero-order valence-corrected chi connectivity index (χ0v) is 13.8. The molecule has 0 aliphatic rings. The first-order chi connectivity index (χ1) is 11.0. The minimum Gasteiger partial charge on any atom is -0.274 e. The summed E-state index contributed by atoms with van der Waals surface area (Å²) in [7, 11) is -3.62. The summed E-state index contributed by atoms with van der Waals surface area (Å²) >= 11 is 0. The van der Waals surface area contributed by atoms with Gasteiger partial charge in [-0.25, -0.2) is 8.42 Å². The third-order valence-corrected chi connectivity index (χ3v) is 4.82. The van der Waals surface area contributed by atoms with Crippen LogP contribution in [-0.4, -0.2) is 25.1 Å². The Kier molecular flexibility index (Phi) is 5.87. The summed E-state index contributed by atoms with van der Waals surface area (Å²) in [5, 5.41) is 0. The Labute approximate surface area is 136 Å². The van der Waals surface area contributed by atoms with Crippen LogP contribution in [0.5, 0.6) is 0 Å². The van der Waals surface area contributed by atoms with Crippen LogP contribution in [0.25, 0.3) is 0 Å². The molecule has 0 radical (unpaired) electrons. The van der Waals surface area contributed by atoms with Crippen molar-refractivity contribution in [3.63, 3.8) is 0 Å². The first-order valence-corrected chi connectivity index (χ1v) is 9.09. The zero-order valence-electron chi connectivity index (χ0n) is 13.0. The fourth-order valence-corrected chi connectivity index (χ4v) is 3.29. The summed E-state index contributed by atoms with van der Waals surface area (Å²) < 4.78 is 26.1. The third-order valence-electron chi connectivity index (χ3n) is 3.54. The van der Waals surface area contributed by atoms with Crippen LogP contribution in [0, 0.1) is 0 Å². The van der Waals surface area contributed by atoms with Crippen molar-refractivity contribution in [1.29, 1.82) is 0 Å². The number of hydrogen-bond donors (Lipinski definition) is 1. The standard InChI is InChI=1S/C17H20N2O3S/c1-14(16-7-10-18-11-8-16)13-17(20)19-23(21,22)12-9-15-5-3-2-4-6-15/h2-8,10-11,14H,9,12-13H2,1H3,(H,19,20)/t14-/m1/s1. The van der Waals surface area contributed by atoms with Crippen LogP contribution in [0.3, 0.4) is 0 Å². The molecule has 0 fully saturated rings. The summed E-state index contributed by atoms with van der Waals surface area (Å²) in [5.41, 5.74) is 1.88. The van der Waals surface area contributed by atoms with Crippen molar-refractivity contribution in [2.75, 3.05) is 5.75 Å². The molecule has 0 aliphatic carbocycles. The van der Waals surface area contributed by atoms with E-state index < -0.39 is 15.9 Å². The maximum atomic E-state index is 12.0. The predicted octanol–water partition coefficient (Wildman–Crippen LogP) is 2.26. The second-order valence-electron chi connectivity index (χ2n) is 5.47. The first kappa shape index (κ1) is 17.1. The molecule has 1 amide bonds. The van der Waals surface area contributed by atoms with Crippen molar-refractivity contribution in [3.8, 4) is 0 Å². The highest BCUT2D eigenvalue weighted by atomic mass is 32.2. The van der Waals surface area contributed by atoms with Crippen molar-refractivity contribution in [2.24, 2.45) is 0 Å². The van der Waals surface area contributed by atoms with Crippen LogP contribution in [0.2, 0.25) is 0 Å².